The van der Waals surface area contributed by atoms with Gasteiger partial charge in [0, 0.05) is 17.1 Å². The minimum Gasteiger partial charge on any atom is -0.313 e. The van der Waals surface area contributed by atoms with E-state index in [2.05, 4.69) is 27.9 Å². The summed E-state index contributed by atoms with van der Waals surface area (Å²) in [5.74, 6) is -0.194. The van der Waals surface area contributed by atoms with Crippen molar-refractivity contribution in [1.82, 2.24) is 5.32 Å². The van der Waals surface area contributed by atoms with Crippen LogP contribution in [0, 0.1) is 5.82 Å². The highest BCUT2D eigenvalue weighted by Crippen LogP contribution is 2.14. The van der Waals surface area contributed by atoms with E-state index in [0.717, 1.165) is 13.0 Å². The van der Waals surface area contributed by atoms with Crippen LogP contribution in [0.3, 0.4) is 0 Å². The summed E-state index contributed by atoms with van der Waals surface area (Å²) >= 11 is 8.14. The van der Waals surface area contributed by atoms with Crippen molar-refractivity contribution in [2.45, 2.75) is 19.4 Å². The van der Waals surface area contributed by atoms with Gasteiger partial charge in [-0.15, -0.1) is 0 Å². The fourth-order valence-electron chi connectivity index (χ4n) is 1.25. The molecule has 0 heterocycles. The van der Waals surface area contributed by atoms with Gasteiger partial charge in [-0.1, -0.05) is 34.2 Å². The molecule has 1 rings (SSSR count). The van der Waals surface area contributed by atoms with Gasteiger partial charge in [-0.25, -0.2) is 4.39 Å². The Morgan fingerprint density at radius 3 is 2.87 bits per heavy atom. The Labute approximate surface area is 109 Å². The van der Waals surface area contributed by atoms with Gasteiger partial charge >= 0.3 is 0 Å². The number of benzene rings is 1. The first-order chi connectivity index (χ1) is 7.24. The van der Waals surface area contributed by atoms with Crippen LogP contribution in [-0.4, -0.2) is 11.0 Å². The Morgan fingerprint density at radius 2 is 2.13 bits per heavy atom. The van der Waals surface area contributed by atoms with Crippen LogP contribution in [0.4, 0.5) is 4.39 Å². The molecule has 0 aliphatic rings. The second-order valence-electron chi connectivity index (χ2n) is 3.31. The molecule has 0 bridgehead atoms. The number of rotatable bonds is 6. The van der Waals surface area contributed by atoms with Crippen molar-refractivity contribution in [3.63, 3.8) is 0 Å². The van der Waals surface area contributed by atoms with E-state index in [9.17, 15) is 4.39 Å². The molecule has 0 atom stereocenters. The lowest BCUT2D eigenvalue weighted by Crippen LogP contribution is -2.15. The van der Waals surface area contributed by atoms with E-state index in [-0.39, 0.29) is 5.82 Å². The highest BCUT2D eigenvalue weighted by molar-refractivity contribution is 14.1. The fourth-order valence-corrected chi connectivity index (χ4v) is 1.98. The molecular weight excluding hydrogens is 327 g/mol. The Morgan fingerprint density at radius 1 is 1.33 bits per heavy atom. The second-order valence-corrected chi connectivity index (χ2v) is 4.82. The van der Waals surface area contributed by atoms with Gasteiger partial charge < -0.3 is 5.32 Å². The highest BCUT2D eigenvalue weighted by atomic mass is 127. The first kappa shape index (κ1) is 13.2. The topological polar surface area (TPSA) is 12.0 Å². The first-order valence-corrected chi connectivity index (χ1v) is 6.85. The maximum absolute atomic E-state index is 13.2. The molecule has 1 nitrogen and oxygen atoms in total. The van der Waals surface area contributed by atoms with Crippen LogP contribution in [0.15, 0.2) is 18.2 Å². The third-order valence-electron chi connectivity index (χ3n) is 2.06. The van der Waals surface area contributed by atoms with E-state index >= 15 is 0 Å². The van der Waals surface area contributed by atoms with E-state index < -0.39 is 0 Å². The second kappa shape index (κ2) is 7.41. The molecule has 0 aromatic heterocycles. The molecule has 1 N–H and O–H groups in total. The van der Waals surface area contributed by atoms with E-state index in [0.29, 0.717) is 17.1 Å². The molecule has 4 heteroatoms. The van der Waals surface area contributed by atoms with Gasteiger partial charge in [-0.2, -0.15) is 0 Å². The lowest BCUT2D eigenvalue weighted by atomic mass is 10.2. The molecule has 0 saturated heterocycles. The van der Waals surface area contributed by atoms with Crippen molar-refractivity contribution >= 4 is 34.2 Å². The summed E-state index contributed by atoms with van der Waals surface area (Å²) in [7, 11) is 0. The molecular formula is C11H14ClFIN. The quantitative estimate of drug-likeness (QED) is 0.472. The number of unbranched alkanes of at least 4 members (excludes halogenated alkanes) is 1. The van der Waals surface area contributed by atoms with E-state index in [1.807, 2.05) is 0 Å². The molecule has 0 spiro atoms. The molecule has 0 aliphatic carbocycles. The Hall–Kier alpha value is 0.130. The lowest BCUT2D eigenvalue weighted by Gasteiger charge is -2.05. The van der Waals surface area contributed by atoms with Crippen LogP contribution in [0.1, 0.15) is 18.4 Å². The van der Waals surface area contributed by atoms with Crippen LogP contribution in [-0.2, 0) is 6.54 Å². The van der Waals surface area contributed by atoms with Crippen molar-refractivity contribution in [1.29, 1.82) is 0 Å². The van der Waals surface area contributed by atoms with Crippen LogP contribution in [0.2, 0.25) is 5.02 Å². The number of hydrogen-bond donors (Lipinski definition) is 1. The highest BCUT2D eigenvalue weighted by Gasteiger charge is 2.01. The third-order valence-corrected chi connectivity index (χ3v) is 3.06. The molecule has 1 aromatic carbocycles. The van der Waals surface area contributed by atoms with Crippen molar-refractivity contribution < 1.29 is 4.39 Å². The summed E-state index contributed by atoms with van der Waals surface area (Å²) in [6.45, 7) is 1.47. The average molecular weight is 342 g/mol. The summed E-state index contributed by atoms with van der Waals surface area (Å²) in [5.41, 5.74) is 0.636. The Bertz CT molecular complexity index is 307. The number of nitrogens with one attached hydrogen (secondary N) is 1. The Balaban J connectivity index is 2.33. The smallest absolute Gasteiger partial charge is 0.127 e. The van der Waals surface area contributed by atoms with Crippen LogP contribution in [0.25, 0.3) is 0 Å². The Kier molecular flexibility index (Phi) is 6.52. The molecule has 84 valence electrons. The molecule has 0 radical (unpaired) electrons. The zero-order valence-corrected chi connectivity index (χ0v) is 11.3. The largest absolute Gasteiger partial charge is 0.313 e. The third kappa shape index (κ3) is 5.13. The van der Waals surface area contributed by atoms with Gasteiger partial charge in [0.25, 0.3) is 0 Å². The van der Waals surface area contributed by atoms with Gasteiger partial charge in [0.05, 0.1) is 0 Å². The predicted octanol–water partition coefficient (Wildman–Crippen LogP) is 3.78. The standard InChI is InChI=1S/C11H14ClFIN/c12-10-3-4-11(13)9(7-10)8-15-6-2-1-5-14/h3-4,7,15H,1-2,5-6,8H2. The summed E-state index contributed by atoms with van der Waals surface area (Å²) in [4.78, 5) is 0. The average Bonchev–Trinajstić information content (AvgIpc) is 2.23. The molecule has 0 aliphatic heterocycles. The van der Waals surface area contributed by atoms with Crippen molar-refractivity contribution in [2.24, 2.45) is 0 Å². The van der Waals surface area contributed by atoms with Gasteiger partial charge in [-0.3, -0.25) is 0 Å². The number of alkyl halides is 1. The number of hydrogen-bond acceptors (Lipinski definition) is 1. The van der Waals surface area contributed by atoms with Gasteiger partial charge in [0.2, 0.25) is 0 Å². The predicted molar refractivity (Wildman–Crippen MR) is 71.2 cm³/mol. The van der Waals surface area contributed by atoms with E-state index in [1.54, 1.807) is 12.1 Å². The van der Waals surface area contributed by atoms with E-state index in [1.165, 1.54) is 16.9 Å². The molecule has 0 amide bonds. The molecule has 15 heavy (non-hydrogen) atoms. The maximum Gasteiger partial charge on any atom is 0.127 e. The van der Waals surface area contributed by atoms with E-state index in [4.69, 9.17) is 11.6 Å². The number of halogens is 3. The first-order valence-electron chi connectivity index (χ1n) is 4.94. The van der Waals surface area contributed by atoms with Crippen molar-refractivity contribution in [3.05, 3.63) is 34.6 Å². The summed E-state index contributed by atoms with van der Waals surface area (Å²) in [5, 5.41) is 3.79. The molecule has 0 unspecified atom stereocenters. The molecule has 0 saturated carbocycles. The van der Waals surface area contributed by atoms with Crippen molar-refractivity contribution in [3.8, 4) is 0 Å². The van der Waals surface area contributed by atoms with Crippen molar-refractivity contribution in [2.75, 3.05) is 11.0 Å². The normalized spacial score (nSPS) is 10.6. The minimum atomic E-state index is -0.194. The zero-order valence-electron chi connectivity index (χ0n) is 8.40. The lowest BCUT2D eigenvalue weighted by molar-refractivity contribution is 0.581. The molecule has 1 aromatic rings. The monoisotopic (exact) mass is 341 g/mol. The van der Waals surface area contributed by atoms with Crippen LogP contribution < -0.4 is 5.32 Å². The molecule has 0 fully saturated rings. The summed E-state index contributed by atoms with van der Waals surface area (Å²) in [6, 6.07) is 4.64. The van der Waals surface area contributed by atoms with Gasteiger partial charge in [0.15, 0.2) is 0 Å². The van der Waals surface area contributed by atoms with Gasteiger partial charge in [0.1, 0.15) is 5.82 Å². The SMILES string of the molecule is Fc1ccc(Cl)cc1CNCCCCI. The van der Waals surface area contributed by atoms with Crippen LogP contribution >= 0.6 is 34.2 Å². The fraction of sp³-hybridized carbons (Fsp3) is 0.455. The summed E-state index contributed by atoms with van der Waals surface area (Å²) < 4.78 is 14.4. The maximum atomic E-state index is 13.2. The van der Waals surface area contributed by atoms with Crippen LogP contribution in [0.5, 0.6) is 0 Å². The van der Waals surface area contributed by atoms with Gasteiger partial charge in [-0.05, 0) is 42.0 Å². The zero-order chi connectivity index (χ0) is 11.1. The summed E-state index contributed by atoms with van der Waals surface area (Å²) in [6.07, 6.45) is 2.33. The minimum absolute atomic E-state index is 0.194.